The summed E-state index contributed by atoms with van der Waals surface area (Å²) in [5, 5.41) is 15.9. The van der Waals surface area contributed by atoms with Crippen LogP contribution in [0.5, 0.6) is 5.75 Å². The molecule has 1 N–H and O–H groups in total. The smallest absolute Gasteiger partial charge is 0.264 e. The van der Waals surface area contributed by atoms with Gasteiger partial charge in [0.25, 0.3) is 5.56 Å². The number of benzene rings is 2. The van der Waals surface area contributed by atoms with Crippen LogP contribution in [0.25, 0.3) is 16.7 Å². The minimum Gasteiger partial charge on any atom is -0.490 e. The summed E-state index contributed by atoms with van der Waals surface area (Å²) in [6.07, 6.45) is 6.75. The van der Waals surface area contributed by atoms with Gasteiger partial charge in [-0.15, -0.1) is 0 Å². The maximum atomic E-state index is 13.3. The van der Waals surface area contributed by atoms with E-state index in [0.717, 1.165) is 38.2 Å². The number of ether oxygens (including phenoxy) is 1. The van der Waals surface area contributed by atoms with Crippen LogP contribution in [0, 0.1) is 5.82 Å². The van der Waals surface area contributed by atoms with Gasteiger partial charge in [-0.25, -0.2) is 14.1 Å². The van der Waals surface area contributed by atoms with Crippen LogP contribution in [0.15, 0.2) is 65.8 Å². The zero-order valence-electron chi connectivity index (χ0n) is 19.9. The Morgan fingerprint density at radius 2 is 1.78 bits per heavy atom. The van der Waals surface area contributed by atoms with Gasteiger partial charge >= 0.3 is 0 Å². The molecule has 36 heavy (non-hydrogen) atoms. The minimum absolute atomic E-state index is 0.178. The highest BCUT2D eigenvalue weighted by molar-refractivity contribution is 5.74. The largest absolute Gasteiger partial charge is 0.490 e. The van der Waals surface area contributed by atoms with Crippen molar-refractivity contribution in [2.24, 2.45) is 0 Å². The topological polar surface area (TPSA) is 85.4 Å². The monoisotopic (exact) mass is 489 g/mol. The number of likely N-dealkylation sites (tertiary alicyclic amines) is 1. The summed E-state index contributed by atoms with van der Waals surface area (Å²) in [5.41, 5.74) is 1.00. The molecule has 2 aliphatic rings. The van der Waals surface area contributed by atoms with Crippen molar-refractivity contribution in [2.45, 2.75) is 50.5 Å². The molecule has 0 bridgehead atoms. The van der Waals surface area contributed by atoms with Crippen molar-refractivity contribution < 1.29 is 14.2 Å². The number of halogens is 1. The predicted molar refractivity (Wildman–Crippen MR) is 133 cm³/mol. The third kappa shape index (κ3) is 4.76. The lowest BCUT2D eigenvalue weighted by molar-refractivity contribution is -0.0364. The maximum absolute atomic E-state index is 13.3. The molecule has 0 unspecified atom stereocenters. The molecule has 1 saturated carbocycles. The number of piperidine rings is 1. The van der Waals surface area contributed by atoms with Crippen molar-refractivity contribution >= 4 is 11.0 Å². The zero-order valence-corrected chi connectivity index (χ0v) is 19.9. The maximum Gasteiger partial charge on any atom is 0.264 e. The molecule has 186 valence electrons. The average molecular weight is 490 g/mol. The molecule has 0 spiro atoms. The van der Waals surface area contributed by atoms with Crippen LogP contribution in [0.2, 0.25) is 0 Å². The number of hydrogen-bond acceptors (Lipinski definition) is 6. The molecule has 2 aromatic carbocycles. The van der Waals surface area contributed by atoms with E-state index in [2.05, 4.69) is 27.1 Å². The Balaban J connectivity index is 1.10. The van der Waals surface area contributed by atoms with E-state index in [0.29, 0.717) is 35.7 Å². The summed E-state index contributed by atoms with van der Waals surface area (Å²) in [7, 11) is 0. The lowest BCUT2D eigenvalue weighted by Crippen LogP contribution is -2.47. The molecular formula is C27H28FN5O3. The summed E-state index contributed by atoms with van der Waals surface area (Å²) in [4.78, 5) is 19.9. The fraction of sp³-hybridized carbons (Fsp3) is 0.370. The van der Waals surface area contributed by atoms with Gasteiger partial charge in [0.05, 0.1) is 30.1 Å². The molecule has 6 rings (SSSR count). The second-order valence-corrected chi connectivity index (χ2v) is 9.91. The van der Waals surface area contributed by atoms with Crippen LogP contribution in [-0.4, -0.2) is 54.1 Å². The van der Waals surface area contributed by atoms with Crippen LogP contribution < -0.4 is 10.3 Å². The first-order valence-corrected chi connectivity index (χ1v) is 12.4. The fourth-order valence-electron chi connectivity index (χ4n) is 4.75. The highest BCUT2D eigenvalue weighted by atomic mass is 19.1. The molecule has 2 aromatic heterocycles. The van der Waals surface area contributed by atoms with Crippen molar-refractivity contribution in [1.29, 1.82) is 0 Å². The average Bonchev–Trinajstić information content (AvgIpc) is 3.59. The van der Waals surface area contributed by atoms with Gasteiger partial charge in [-0.05, 0) is 67.6 Å². The number of hydrogen-bond donors (Lipinski definition) is 1. The molecule has 0 radical (unpaired) electrons. The predicted octanol–water partition coefficient (Wildman–Crippen LogP) is 3.29. The van der Waals surface area contributed by atoms with Crippen molar-refractivity contribution in [2.75, 3.05) is 13.1 Å². The van der Waals surface area contributed by atoms with E-state index < -0.39 is 5.60 Å². The number of fused-ring (bicyclic) bond motifs is 1. The lowest BCUT2D eigenvalue weighted by Gasteiger charge is -2.38. The standard InChI is InChI=1S/C27H28FN5O3/c28-20-3-5-21(6-4-20)33-25-24(15-30-33)26(34)32(18-29-25)17-27(35)11-13-31(14-12-27)16-19-1-7-22(8-2-19)36-23-9-10-23/h1-8,15,18,23,35H,9-14,16-17H2. The highest BCUT2D eigenvalue weighted by Gasteiger charge is 2.33. The van der Waals surface area contributed by atoms with Gasteiger partial charge in [0.1, 0.15) is 23.3 Å². The SMILES string of the molecule is O=c1c2cnn(-c3ccc(F)cc3)c2ncn1CC1(O)CCN(Cc2ccc(OC3CC3)cc2)CC1. The van der Waals surface area contributed by atoms with E-state index in [-0.39, 0.29) is 17.9 Å². The molecule has 9 heteroatoms. The Morgan fingerprint density at radius 3 is 2.47 bits per heavy atom. The van der Waals surface area contributed by atoms with Crippen LogP contribution >= 0.6 is 0 Å². The van der Waals surface area contributed by atoms with Crippen molar-refractivity contribution in [1.82, 2.24) is 24.2 Å². The molecule has 3 heterocycles. The Bertz CT molecular complexity index is 1420. The number of aliphatic hydroxyl groups is 1. The molecule has 2 fully saturated rings. The highest BCUT2D eigenvalue weighted by Crippen LogP contribution is 2.28. The van der Waals surface area contributed by atoms with E-state index in [9.17, 15) is 14.3 Å². The van der Waals surface area contributed by atoms with Crippen molar-refractivity contribution in [3.63, 3.8) is 0 Å². The molecular weight excluding hydrogens is 461 g/mol. The van der Waals surface area contributed by atoms with E-state index in [1.165, 1.54) is 39.5 Å². The van der Waals surface area contributed by atoms with Gasteiger partial charge < -0.3 is 9.84 Å². The molecule has 0 amide bonds. The van der Waals surface area contributed by atoms with Gasteiger partial charge in [-0.2, -0.15) is 5.10 Å². The van der Waals surface area contributed by atoms with Crippen LogP contribution in [0.3, 0.4) is 0 Å². The van der Waals surface area contributed by atoms with Gasteiger partial charge in [0.15, 0.2) is 5.65 Å². The normalized spacial score (nSPS) is 17.9. The van der Waals surface area contributed by atoms with Gasteiger partial charge in [-0.1, -0.05) is 12.1 Å². The molecule has 1 saturated heterocycles. The fourth-order valence-corrected chi connectivity index (χ4v) is 4.75. The van der Waals surface area contributed by atoms with Crippen LogP contribution in [0.1, 0.15) is 31.2 Å². The van der Waals surface area contributed by atoms with Gasteiger partial charge in [-0.3, -0.25) is 14.3 Å². The van der Waals surface area contributed by atoms with Gasteiger partial charge in [0, 0.05) is 19.6 Å². The minimum atomic E-state index is -0.982. The first kappa shape index (κ1) is 22.9. The molecule has 8 nitrogen and oxygen atoms in total. The van der Waals surface area contributed by atoms with Gasteiger partial charge in [0.2, 0.25) is 0 Å². The molecule has 1 aliphatic heterocycles. The number of rotatable bonds is 7. The summed E-state index contributed by atoms with van der Waals surface area (Å²) in [6.45, 7) is 2.47. The van der Waals surface area contributed by atoms with E-state index in [1.807, 2.05) is 12.1 Å². The summed E-state index contributed by atoms with van der Waals surface area (Å²) in [6, 6.07) is 14.1. The summed E-state index contributed by atoms with van der Waals surface area (Å²) in [5.74, 6) is 0.578. The Hall–Kier alpha value is -3.56. The number of nitrogens with zero attached hydrogens (tertiary/aromatic N) is 5. The lowest BCUT2D eigenvalue weighted by atomic mass is 9.91. The second kappa shape index (κ2) is 9.15. The van der Waals surface area contributed by atoms with Crippen molar-refractivity contribution in [3.05, 3.63) is 82.8 Å². The number of aromatic nitrogens is 4. The third-order valence-corrected chi connectivity index (χ3v) is 7.03. The second-order valence-electron chi connectivity index (χ2n) is 9.91. The van der Waals surface area contributed by atoms with E-state index in [1.54, 1.807) is 12.1 Å². The van der Waals surface area contributed by atoms with E-state index >= 15 is 0 Å². The summed E-state index contributed by atoms with van der Waals surface area (Å²) >= 11 is 0. The first-order valence-electron chi connectivity index (χ1n) is 12.4. The molecule has 1 aliphatic carbocycles. The molecule has 0 atom stereocenters. The quantitative estimate of drug-likeness (QED) is 0.429. The summed E-state index contributed by atoms with van der Waals surface area (Å²) < 4.78 is 22.1. The Kier molecular flexibility index (Phi) is 5.81. The van der Waals surface area contributed by atoms with Crippen LogP contribution in [-0.2, 0) is 13.1 Å². The third-order valence-electron chi connectivity index (χ3n) is 7.03. The Morgan fingerprint density at radius 1 is 1.06 bits per heavy atom. The zero-order chi connectivity index (χ0) is 24.7. The van der Waals surface area contributed by atoms with E-state index in [4.69, 9.17) is 4.74 Å². The first-order chi connectivity index (χ1) is 17.5. The molecule has 4 aromatic rings. The Labute approximate surface area is 207 Å². The van der Waals surface area contributed by atoms with Crippen LogP contribution in [0.4, 0.5) is 4.39 Å². The van der Waals surface area contributed by atoms with Crippen molar-refractivity contribution in [3.8, 4) is 11.4 Å².